The molecule has 2 aromatic carbocycles. The maximum absolute atomic E-state index is 12.2. The van der Waals surface area contributed by atoms with Gasteiger partial charge >= 0.3 is 5.69 Å². The standard InChI is InChI=1S/C21H24N4O5/c1-30-19-10-5-15(13-18(19)25(28)29)21(27)22-14-20(26)23-16-6-8-17(9-7-16)24-11-3-2-4-12-24/h5-10,13H,2-4,11-12,14H2,1H3,(H,22,27)(H,23,26). The van der Waals surface area contributed by atoms with Gasteiger partial charge in [0.15, 0.2) is 5.75 Å². The number of anilines is 2. The Bertz CT molecular complexity index is 923. The largest absolute Gasteiger partial charge is 0.490 e. The summed E-state index contributed by atoms with van der Waals surface area (Å²) in [6.45, 7) is 1.83. The third kappa shape index (κ3) is 5.25. The summed E-state index contributed by atoms with van der Waals surface area (Å²) in [7, 11) is 1.31. The summed E-state index contributed by atoms with van der Waals surface area (Å²) in [6.07, 6.45) is 3.64. The molecule has 30 heavy (non-hydrogen) atoms. The second-order valence-electron chi connectivity index (χ2n) is 6.97. The number of piperidine rings is 1. The quantitative estimate of drug-likeness (QED) is 0.534. The Morgan fingerprint density at radius 1 is 1.10 bits per heavy atom. The molecule has 9 heteroatoms. The van der Waals surface area contributed by atoms with Crippen LogP contribution in [0, 0.1) is 10.1 Å². The summed E-state index contributed by atoms with van der Waals surface area (Å²) in [6, 6.07) is 11.5. The van der Waals surface area contributed by atoms with Crippen molar-refractivity contribution in [2.75, 3.05) is 37.0 Å². The highest BCUT2D eigenvalue weighted by Gasteiger charge is 2.18. The van der Waals surface area contributed by atoms with Gasteiger partial charge < -0.3 is 20.3 Å². The van der Waals surface area contributed by atoms with E-state index in [9.17, 15) is 19.7 Å². The predicted octanol–water partition coefficient (Wildman–Crippen LogP) is 2.96. The number of methoxy groups -OCH3 is 1. The molecule has 0 radical (unpaired) electrons. The molecule has 0 aliphatic carbocycles. The minimum atomic E-state index is -0.629. The number of nitrogens with one attached hydrogen (secondary N) is 2. The van der Waals surface area contributed by atoms with Gasteiger partial charge in [0.05, 0.1) is 18.6 Å². The molecule has 1 fully saturated rings. The molecular formula is C21H24N4O5. The van der Waals surface area contributed by atoms with E-state index in [-0.39, 0.29) is 23.5 Å². The monoisotopic (exact) mass is 412 g/mol. The Morgan fingerprint density at radius 2 is 1.80 bits per heavy atom. The maximum Gasteiger partial charge on any atom is 0.311 e. The summed E-state index contributed by atoms with van der Waals surface area (Å²) in [5, 5.41) is 16.3. The van der Waals surface area contributed by atoms with Crippen molar-refractivity contribution >= 4 is 28.9 Å². The molecule has 3 rings (SSSR count). The van der Waals surface area contributed by atoms with Crippen LogP contribution in [-0.2, 0) is 4.79 Å². The van der Waals surface area contributed by atoms with Crippen molar-refractivity contribution in [1.82, 2.24) is 5.32 Å². The van der Waals surface area contributed by atoms with Crippen LogP contribution in [0.1, 0.15) is 29.6 Å². The number of carbonyl (C=O) groups excluding carboxylic acids is 2. The molecule has 2 N–H and O–H groups in total. The summed E-state index contributed by atoms with van der Waals surface area (Å²) in [4.78, 5) is 37.2. The average Bonchev–Trinajstić information content (AvgIpc) is 2.78. The molecule has 0 spiro atoms. The average molecular weight is 412 g/mol. The summed E-state index contributed by atoms with van der Waals surface area (Å²) in [5.41, 5.74) is 1.52. The van der Waals surface area contributed by atoms with Gasteiger partial charge in [-0.05, 0) is 55.7 Å². The number of carbonyl (C=O) groups is 2. The van der Waals surface area contributed by atoms with Gasteiger partial charge in [-0.25, -0.2) is 0 Å². The van der Waals surface area contributed by atoms with Gasteiger partial charge in [-0.2, -0.15) is 0 Å². The van der Waals surface area contributed by atoms with Gasteiger partial charge in [0.1, 0.15) is 0 Å². The molecule has 1 saturated heterocycles. The molecule has 0 aromatic heterocycles. The van der Waals surface area contributed by atoms with Crippen molar-refractivity contribution in [3.8, 4) is 5.75 Å². The van der Waals surface area contributed by atoms with Crippen LogP contribution in [0.2, 0.25) is 0 Å². The normalized spacial score (nSPS) is 13.4. The fourth-order valence-corrected chi connectivity index (χ4v) is 3.35. The highest BCUT2D eigenvalue weighted by Crippen LogP contribution is 2.27. The molecule has 2 amide bonds. The first-order valence-corrected chi connectivity index (χ1v) is 9.73. The lowest BCUT2D eigenvalue weighted by Crippen LogP contribution is -2.33. The number of nitro benzene ring substituents is 1. The van der Waals surface area contributed by atoms with E-state index in [0.717, 1.165) is 24.8 Å². The molecule has 1 heterocycles. The lowest BCUT2D eigenvalue weighted by atomic mass is 10.1. The van der Waals surface area contributed by atoms with Crippen LogP contribution in [0.25, 0.3) is 0 Å². The number of hydrogen-bond acceptors (Lipinski definition) is 6. The molecule has 1 aliphatic heterocycles. The number of hydrogen-bond donors (Lipinski definition) is 2. The SMILES string of the molecule is COc1ccc(C(=O)NCC(=O)Nc2ccc(N3CCCCC3)cc2)cc1[N+](=O)[O-]. The molecule has 0 unspecified atom stereocenters. The van der Waals surface area contributed by atoms with E-state index in [0.29, 0.717) is 5.69 Å². The van der Waals surface area contributed by atoms with Crippen molar-refractivity contribution in [3.05, 3.63) is 58.1 Å². The second-order valence-corrected chi connectivity index (χ2v) is 6.97. The van der Waals surface area contributed by atoms with E-state index in [4.69, 9.17) is 4.74 Å². The smallest absolute Gasteiger partial charge is 0.311 e. The van der Waals surface area contributed by atoms with E-state index in [1.165, 1.54) is 38.5 Å². The Balaban J connectivity index is 1.53. The van der Waals surface area contributed by atoms with Gasteiger partial charge in [0, 0.05) is 36.1 Å². The van der Waals surface area contributed by atoms with Gasteiger partial charge in [0.2, 0.25) is 5.91 Å². The molecule has 0 bridgehead atoms. The van der Waals surface area contributed by atoms with Crippen LogP contribution in [0.4, 0.5) is 17.1 Å². The lowest BCUT2D eigenvalue weighted by Gasteiger charge is -2.28. The van der Waals surface area contributed by atoms with Crippen LogP contribution < -0.4 is 20.3 Å². The fourth-order valence-electron chi connectivity index (χ4n) is 3.35. The number of rotatable bonds is 7. The third-order valence-electron chi connectivity index (χ3n) is 4.92. The summed E-state index contributed by atoms with van der Waals surface area (Å²) in [5.74, 6) is -0.921. The number of ether oxygens (including phenoxy) is 1. The molecule has 2 aromatic rings. The van der Waals surface area contributed by atoms with Crippen molar-refractivity contribution in [3.63, 3.8) is 0 Å². The Hall–Kier alpha value is -3.62. The van der Waals surface area contributed by atoms with Gasteiger partial charge in [-0.1, -0.05) is 0 Å². The zero-order valence-electron chi connectivity index (χ0n) is 16.7. The first kappa shape index (κ1) is 21.1. The summed E-state index contributed by atoms with van der Waals surface area (Å²) < 4.78 is 4.91. The van der Waals surface area contributed by atoms with Crippen LogP contribution >= 0.6 is 0 Å². The minimum absolute atomic E-state index is 0.0577. The Labute approximate surface area is 174 Å². The van der Waals surface area contributed by atoms with E-state index >= 15 is 0 Å². The highest BCUT2D eigenvalue weighted by atomic mass is 16.6. The molecule has 1 aliphatic rings. The van der Waals surface area contributed by atoms with Gasteiger partial charge in [-0.15, -0.1) is 0 Å². The number of nitrogens with zero attached hydrogens (tertiary/aromatic N) is 2. The molecule has 158 valence electrons. The van der Waals surface area contributed by atoms with Gasteiger partial charge in [-0.3, -0.25) is 19.7 Å². The van der Waals surface area contributed by atoms with Crippen molar-refractivity contribution in [1.29, 1.82) is 0 Å². The lowest BCUT2D eigenvalue weighted by molar-refractivity contribution is -0.385. The second kappa shape index (κ2) is 9.73. The van der Waals surface area contributed by atoms with E-state index in [2.05, 4.69) is 15.5 Å². The Morgan fingerprint density at radius 3 is 2.43 bits per heavy atom. The maximum atomic E-state index is 12.2. The summed E-state index contributed by atoms with van der Waals surface area (Å²) >= 11 is 0. The first-order chi connectivity index (χ1) is 14.5. The zero-order chi connectivity index (χ0) is 21.5. The molecule has 0 atom stereocenters. The molecule has 9 nitrogen and oxygen atoms in total. The van der Waals surface area contributed by atoms with Gasteiger partial charge in [0.25, 0.3) is 5.91 Å². The van der Waals surface area contributed by atoms with Crippen LogP contribution in [0.15, 0.2) is 42.5 Å². The first-order valence-electron chi connectivity index (χ1n) is 9.73. The van der Waals surface area contributed by atoms with Crippen molar-refractivity contribution in [2.24, 2.45) is 0 Å². The van der Waals surface area contributed by atoms with Crippen LogP contribution in [0.5, 0.6) is 5.75 Å². The third-order valence-corrected chi connectivity index (χ3v) is 4.92. The van der Waals surface area contributed by atoms with E-state index in [1.807, 2.05) is 24.3 Å². The topological polar surface area (TPSA) is 114 Å². The minimum Gasteiger partial charge on any atom is -0.490 e. The number of nitro groups is 1. The molecular weight excluding hydrogens is 388 g/mol. The van der Waals surface area contributed by atoms with Crippen molar-refractivity contribution < 1.29 is 19.2 Å². The van der Waals surface area contributed by atoms with Crippen molar-refractivity contribution in [2.45, 2.75) is 19.3 Å². The van der Waals surface area contributed by atoms with Crippen LogP contribution in [-0.4, -0.2) is 43.5 Å². The zero-order valence-corrected chi connectivity index (χ0v) is 16.7. The van der Waals surface area contributed by atoms with E-state index in [1.54, 1.807) is 0 Å². The van der Waals surface area contributed by atoms with Crippen LogP contribution in [0.3, 0.4) is 0 Å². The van der Waals surface area contributed by atoms with E-state index < -0.39 is 16.7 Å². The predicted molar refractivity (Wildman–Crippen MR) is 113 cm³/mol. The fraction of sp³-hybridized carbons (Fsp3) is 0.333. The number of benzene rings is 2. The number of amides is 2. The highest BCUT2D eigenvalue weighted by molar-refractivity contribution is 5.99. The Kier molecular flexibility index (Phi) is 6.84. The molecule has 0 saturated carbocycles.